The van der Waals surface area contributed by atoms with Crippen LogP contribution in [0.4, 0.5) is 0 Å². The van der Waals surface area contributed by atoms with Crippen molar-refractivity contribution in [3.63, 3.8) is 0 Å². The first-order valence-corrected chi connectivity index (χ1v) is 17.3. The molecule has 0 saturated heterocycles. The molecule has 0 spiro atoms. The van der Waals surface area contributed by atoms with Crippen molar-refractivity contribution >= 4 is 64.1 Å². The Morgan fingerprint density at radius 1 is 0.354 bits per heavy atom. The van der Waals surface area contributed by atoms with Crippen molar-refractivity contribution in [2.75, 3.05) is 0 Å². The summed E-state index contributed by atoms with van der Waals surface area (Å²) in [5.41, 5.74) is 11.1. The number of nitrogens with zero attached hydrogens (tertiary/aromatic N) is 1. The Bertz CT molecular complexity index is 2790. The zero-order valence-electron chi connectivity index (χ0n) is 26.1. The topological polar surface area (TPSA) is 4.93 Å². The van der Waals surface area contributed by atoms with Gasteiger partial charge in [0.2, 0.25) is 0 Å². The third-order valence-electron chi connectivity index (χ3n) is 9.78. The lowest BCUT2D eigenvalue weighted by molar-refractivity contribution is 1.19. The van der Waals surface area contributed by atoms with Gasteiger partial charge in [-0.15, -0.1) is 11.3 Å². The van der Waals surface area contributed by atoms with E-state index in [0.29, 0.717) is 0 Å². The predicted octanol–water partition coefficient (Wildman–Crippen LogP) is 13.3. The fraction of sp³-hybridized carbons (Fsp3) is 0. The maximum atomic E-state index is 2.49. The highest BCUT2D eigenvalue weighted by Gasteiger charge is 2.22. The van der Waals surface area contributed by atoms with Gasteiger partial charge < -0.3 is 4.57 Å². The minimum absolute atomic E-state index is 1.17. The lowest BCUT2D eigenvalue weighted by Gasteiger charge is -2.11. The second kappa shape index (κ2) is 10.8. The summed E-state index contributed by atoms with van der Waals surface area (Å²) in [6.45, 7) is 0. The molecule has 10 rings (SSSR count). The molecule has 0 saturated carbocycles. The Kier molecular flexibility index (Phi) is 6.12. The molecule has 0 atom stereocenters. The molecule has 48 heavy (non-hydrogen) atoms. The average Bonchev–Trinajstić information content (AvgIpc) is 3.72. The van der Waals surface area contributed by atoms with E-state index in [-0.39, 0.29) is 0 Å². The summed E-state index contributed by atoms with van der Waals surface area (Å²) in [5, 5.41) is 7.86. The number of benzene rings is 8. The maximum Gasteiger partial charge on any atom is 0.0634 e. The van der Waals surface area contributed by atoms with Crippen molar-refractivity contribution < 1.29 is 0 Å². The smallest absolute Gasteiger partial charge is 0.0634 e. The van der Waals surface area contributed by atoms with Crippen LogP contribution >= 0.6 is 11.3 Å². The molecule has 0 fully saturated rings. The summed E-state index contributed by atoms with van der Waals surface area (Å²) >= 11 is 1.92. The van der Waals surface area contributed by atoms with Crippen molar-refractivity contribution in [1.29, 1.82) is 0 Å². The Labute approximate surface area is 282 Å². The van der Waals surface area contributed by atoms with Crippen molar-refractivity contribution in [2.45, 2.75) is 0 Å². The van der Waals surface area contributed by atoms with Gasteiger partial charge in [-0.3, -0.25) is 0 Å². The second-order valence-corrected chi connectivity index (χ2v) is 13.6. The van der Waals surface area contributed by atoms with E-state index in [1.54, 1.807) is 0 Å². The zero-order valence-corrected chi connectivity index (χ0v) is 26.9. The fourth-order valence-electron chi connectivity index (χ4n) is 7.54. The summed E-state index contributed by atoms with van der Waals surface area (Å²) in [6, 6.07) is 64.2. The van der Waals surface area contributed by atoms with Crippen LogP contribution in [0.15, 0.2) is 176 Å². The van der Waals surface area contributed by atoms with Gasteiger partial charge in [-0.25, -0.2) is 0 Å². The van der Waals surface area contributed by atoms with E-state index in [1.165, 1.54) is 91.8 Å². The van der Waals surface area contributed by atoms with Gasteiger partial charge in [0.05, 0.1) is 11.0 Å². The molecule has 224 valence electrons. The molecule has 2 heteroatoms. The van der Waals surface area contributed by atoms with Crippen LogP contribution in [0.25, 0.3) is 91.8 Å². The van der Waals surface area contributed by atoms with Crippen LogP contribution in [-0.2, 0) is 0 Å². The molecule has 8 aromatic carbocycles. The lowest BCUT2D eigenvalue weighted by atomic mass is 9.97. The van der Waals surface area contributed by atoms with Crippen LogP contribution in [0.2, 0.25) is 0 Å². The molecule has 0 unspecified atom stereocenters. The van der Waals surface area contributed by atoms with Crippen molar-refractivity contribution in [1.82, 2.24) is 4.57 Å². The summed E-state index contributed by atoms with van der Waals surface area (Å²) in [6.07, 6.45) is 0. The number of para-hydroxylation sites is 1. The number of hydrogen-bond acceptors (Lipinski definition) is 1. The van der Waals surface area contributed by atoms with Crippen LogP contribution in [0.5, 0.6) is 0 Å². The van der Waals surface area contributed by atoms with Gasteiger partial charge in [-0.05, 0) is 69.1 Å². The summed E-state index contributed by atoms with van der Waals surface area (Å²) in [4.78, 5) is 0. The highest BCUT2D eigenvalue weighted by Crippen LogP contribution is 2.49. The third kappa shape index (κ3) is 4.17. The van der Waals surface area contributed by atoms with Gasteiger partial charge in [-0.2, -0.15) is 0 Å². The highest BCUT2D eigenvalue weighted by atomic mass is 32.1. The van der Waals surface area contributed by atoms with Gasteiger partial charge >= 0.3 is 0 Å². The van der Waals surface area contributed by atoms with E-state index in [9.17, 15) is 0 Å². The number of fused-ring (bicyclic) bond motifs is 10. The molecule has 0 aliphatic heterocycles. The first-order valence-electron chi connectivity index (χ1n) is 16.4. The molecule has 2 aromatic heterocycles. The molecule has 0 amide bonds. The second-order valence-electron chi connectivity index (χ2n) is 12.5. The molecular formula is C46H29NS. The molecule has 0 bridgehead atoms. The molecule has 0 aliphatic carbocycles. The van der Waals surface area contributed by atoms with Crippen LogP contribution in [0.1, 0.15) is 0 Å². The minimum atomic E-state index is 1.17. The van der Waals surface area contributed by atoms with Crippen LogP contribution in [0.3, 0.4) is 0 Å². The quantitative estimate of drug-likeness (QED) is 0.183. The number of aromatic nitrogens is 1. The summed E-state index contributed by atoms with van der Waals surface area (Å²) in [7, 11) is 0. The molecular weight excluding hydrogens is 599 g/mol. The van der Waals surface area contributed by atoms with Crippen molar-refractivity contribution in [2.24, 2.45) is 0 Å². The monoisotopic (exact) mass is 627 g/mol. The van der Waals surface area contributed by atoms with Gasteiger partial charge in [-0.1, -0.05) is 146 Å². The molecule has 2 heterocycles. The average molecular weight is 628 g/mol. The van der Waals surface area contributed by atoms with E-state index in [1.807, 2.05) is 11.3 Å². The molecule has 0 radical (unpaired) electrons. The maximum absolute atomic E-state index is 2.49. The van der Waals surface area contributed by atoms with Gasteiger partial charge in [0.15, 0.2) is 0 Å². The number of hydrogen-bond donors (Lipinski definition) is 0. The van der Waals surface area contributed by atoms with Gasteiger partial charge in [0.25, 0.3) is 0 Å². The fourth-order valence-corrected chi connectivity index (χ4v) is 8.80. The van der Waals surface area contributed by atoms with Crippen LogP contribution in [-0.4, -0.2) is 4.57 Å². The standard InChI is InChI=1S/C46H29NS/c1-4-12-30(13-5-1)32-20-22-33(23-21-32)35-24-26-39-41(29-35)47(36-16-8-3-9-17-36)45-38-19-11-10-18-37(38)43-40-28-34(31-14-6-2-7-15-31)25-27-42(40)48-46(43)44(39)45/h1-29H. The molecule has 0 N–H and O–H groups in total. The van der Waals surface area contributed by atoms with E-state index < -0.39 is 0 Å². The van der Waals surface area contributed by atoms with Crippen molar-refractivity contribution in [3.8, 4) is 39.1 Å². The molecule has 0 aliphatic rings. The number of thiophene rings is 1. The van der Waals surface area contributed by atoms with Gasteiger partial charge in [0.1, 0.15) is 0 Å². The largest absolute Gasteiger partial charge is 0.309 e. The van der Waals surface area contributed by atoms with Crippen molar-refractivity contribution in [3.05, 3.63) is 176 Å². The van der Waals surface area contributed by atoms with Crippen LogP contribution < -0.4 is 0 Å². The zero-order chi connectivity index (χ0) is 31.6. The lowest BCUT2D eigenvalue weighted by Crippen LogP contribution is -1.94. The normalized spacial score (nSPS) is 11.8. The van der Waals surface area contributed by atoms with E-state index >= 15 is 0 Å². The molecule has 1 nitrogen and oxygen atoms in total. The SMILES string of the molecule is c1ccc(-c2ccc(-c3ccc4c5c6sc7ccc(-c8ccccc8)cc7c6c6ccccc6c5n(-c5ccccc5)c4c3)cc2)cc1. The predicted molar refractivity (Wildman–Crippen MR) is 207 cm³/mol. The minimum Gasteiger partial charge on any atom is -0.309 e. The highest BCUT2D eigenvalue weighted by molar-refractivity contribution is 7.27. The van der Waals surface area contributed by atoms with E-state index in [2.05, 4.69) is 180 Å². The third-order valence-corrected chi connectivity index (χ3v) is 11.0. The van der Waals surface area contributed by atoms with Crippen LogP contribution in [0, 0.1) is 0 Å². The summed E-state index contributed by atoms with van der Waals surface area (Å²) in [5.74, 6) is 0. The molecule has 10 aromatic rings. The first kappa shape index (κ1) is 27.2. The Hall–Kier alpha value is -5.96. The summed E-state index contributed by atoms with van der Waals surface area (Å²) < 4.78 is 5.16. The van der Waals surface area contributed by atoms with E-state index in [0.717, 1.165) is 0 Å². The Morgan fingerprint density at radius 3 is 1.58 bits per heavy atom. The Balaban J connectivity index is 1.29. The first-order chi connectivity index (χ1) is 23.8. The van der Waals surface area contributed by atoms with Gasteiger partial charge in [0, 0.05) is 42.0 Å². The Morgan fingerprint density at radius 2 is 0.875 bits per heavy atom. The number of rotatable bonds is 4. The van der Waals surface area contributed by atoms with E-state index in [4.69, 9.17) is 0 Å².